The van der Waals surface area contributed by atoms with Crippen LogP contribution >= 0.6 is 11.8 Å². The summed E-state index contributed by atoms with van der Waals surface area (Å²) in [4.78, 5) is 19.2. The minimum Gasteiger partial charge on any atom is -0.299 e. The van der Waals surface area contributed by atoms with E-state index in [9.17, 15) is 4.79 Å². The number of hydrogen-bond donors (Lipinski definition) is 0. The first-order valence-electron chi connectivity index (χ1n) is 8.44. The van der Waals surface area contributed by atoms with Gasteiger partial charge in [0.15, 0.2) is 0 Å². The van der Waals surface area contributed by atoms with E-state index >= 15 is 0 Å². The molecule has 0 spiro atoms. The predicted octanol–water partition coefficient (Wildman–Crippen LogP) is 5.61. The molecule has 3 heteroatoms. The molecule has 1 fully saturated rings. The summed E-state index contributed by atoms with van der Waals surface area (Å²) in [7, 11) is 0. The molecule has 24 heavy (non-hydrogen) atoms. The highest BCUT2D eigenvalue weighted by Gasteiger charge is 2.44. The molecule has 2 aromatic rings. The molecule has 1 saturated carbocycles. The Morgan fingerprint density at radius 3 is 2.50 bits per heavy atom. The number of nitrogens with zero attached hydrogens (tertiary/aromatic N) is 1. The van der Waals surface area contributed by atoms with Gasteiger partial charge in [0.05, 0.1) is 11.6 Å². The van der Waals surface area contributed by atoms with Crippen LogP contribution in [0.4, 0.5) is 5.69 Å². The van der Waals surface area contributed by atoms with Crippen molar-refractivity contribution in [1.29, 1.82) is 0 Å². The van der Waals surface area contributed by atoms with E-state index in [1.807, 2.05) is 12.1 Å². The van der Waals surface area contributed by atoms with E-state index in [1.165, 1.54) is 10.5 Å². The number of aliphatic imine (C=N–C) groups is 1. The average molecular weight is 335 g/mol. The van der Waals surface area contributed by atoms with E-state index in [2.05, 4.69) is 56.3 Å². The maximum absolute atomic E-state index is 13.0. The van der Waals surface area contributed by atoms with E-state index in [0.29, 0.717) is 12.2 Å². The third-order valence-electron chi connectivity index (χ3n) is 4.83. The van der Waals surface area contributed by atoms with E-state index in [-0.39, 0.29) is 16.6 Å². The molecule has 2 aromatic carbocycles. The molecule has 1 aliphatic carbocycles. The topological polar surface area (TPSA) is 29.4 Å². The quantitative estimate of drug-likeness (QED) is 0.677. The molecule has 0 amide bonds. The molecule has 0 unspecified atom stereocenters. The van der Waals surface area contributed by atoms with Crippen LogP contribution in [0.15, 0.2) is 64.5 Å². The number of ketones is 1. The number of Topliss-reactive ketones (excluding diaryl/α,β-unsaturated/α-hetero) is 1. The van der Waals surface area contributed by atoms with Gasteiger partial charge in [0.25, 0.3) is 0 Å². The van der Waals surface area contributed by atoms with Crippen LogP contribution in [0.5, 0.6) is 0 Å². The highest BCUT2D eigenvalue weighted by Crippen LogP contribution is 2.51. The average Bonchev–Trinajstić information content (AvgIpc) is 2.70. The van der Waals surface area contributed by atoms with Gasteiger partial charge in [-0.1, -0.05) is 56.3 Å². The van der Waals surface area contributed by atoms with Crippen molar-refractivity contribution in [2.45, 2.75) is 36.8 Å². The van der Waals surface area contributed by atoms with Crippen molar-refractivity contribution in [2.75, 3.05) is 0 Å². The van der Waals surface area contributed by atoms with E-state index in [0.717, 1.165) is 17.8 Å². The fourth-order valence-corrected chi connectivity index (χ4v) is 5.20. The first-order valence-corrected chi connectivity index (χ1v) is 9.32. The van der Waals surface area contributed by atoms with Crippen molar-refractivity contribution in [2.24, 2.45) is 16.3 Å². The summed E-state index contributed by atoms with van der Waals surface area (Å²) in [5.41, 5.74) is 3.27. The van der Waals surface area contributed by atoms with Gasteiger partial charge in [-0.2, -0.15) is 0 Å². The Hall–Kier alpha value is -1.87. The number of carbonyl (C=O) groups excluding carboxylic acids is 1. The summed E-state index contributed by atoms with van der Waals surface area (Å²) >= 11 is 1.79. The zero-order valence-corrected chi connectivity index (χ0v) is 14.8. The molecule has 1 heterocycles. The summed E-state index contributed by atoms with van der Waals surface area (Å²) in [5.74, 6) is 0.219. The summed E-state index contributed by atoms with van der Waals surface area (Å²) in [6.07, 6.45) is 1.53. The molecular weight excluding hydrogens is 314 g/mol. The third kappa shape index (κ3) is 2.82. The largest absolute Gasteiger partial charge is 0.299 e. The van der Waals surface area contributed by atoms with Gasteiger partial charge in [0.2, 0.25) is 0 Å². The van der Waals surface area contributed by atoms with Crippen LogP contribution in [-0.4, -0.2) is 11.5 Å². The normalized spacial score (nSPS) is 25.2. The van der Waals surface area contributed by atoms with Gasteiger partial charge >= 0.3 is 0 Å². The van der Waals surface area contributed by atoms with Crippen LogP contribution in [0.25, 0.3) is 0 Å². The summed E-state index contributed by atoms with van der Waals surface area (Å²) in [6, 6.07) is 18.7. The Morgan fingerprint density at radius 1 is 1.00 bits per heavy atom. The smallest absolute Gasteiger partial charge is 0.143 e. The third-order valence-corrected chi connectivity index (χ3v) is 6.23. The molecule has 1 aliphatic heterocycles. The van der Waals surface area contributed by atoms with Crippen molar-refractivity contribution in [3.05, 3.63) is 60.2 Å². The highest BCUT2D eigenvalue weighted by molar-refractivity contribution is 7.99. The number of thioether (sulfide) groups is 1. The van der Waals surface area contributed by atoms with Crippen LogP contribution in [0, 0.1) is 11.3 Å². The van der Waals surface area contributed by atoms with Crippen molar-refractivity contribution >= 4 is 28.9 Å². The minimum atomic E-state index is -0.113. The lowest BCUT2D eigenvalue weighted by Crippen LogP contribution is -2.39. The Kier molecular flexibility index (Phi) is 3.84. The standard InChI is InChI=1S/C21H21NOS/c1-21(2)12-16-19(17(23)13-21)20(14-8-4-3-5-9-14)24-18-11-7-6-10-15(18)22-16/h3-11,19-20H,12-13H2,1-2H3/t19-,20+/m0/s1. The van der Waals surface area contributed by atoms with Gasteiger partial charge in [0, 0.05) is 22.3 Å². The second kappa shape index (κ2) is 5.89. The summed E-state index contributed by atoms with van der Waals surface area (Å²) in [6.45, 7) is 4.34. The summed E-state index contributed by atoms with van der Waals surface area (Å²) in [5, 5.41) is 0.109. The van der Waals surface area contributed by atoms with Crippen molar-refractivity contribution in [3.8, 4) is 0 Å². The monoisotopic (exact) mass is 335 g/mol. The number of para-hydroxylation sites is 1. The molecule has 0 bridgehead atoms. The Labute approximate surface area is 147 Å². The first-order chi connectivity index (χ1) is 11.5. The number of rotatable bonds is 1. The highest BCUT2D eigenvalue weighted by atomic mass is 32.2. The second-order valence-corrected chi connectivity index (χ2v) is 8.67. The molecule has 2 nitrogen and oxygen atoms in total. The molecule has 0 saturated heterocycles. The molecule has 2 aliphatic rings. The van der Waals surface area contributed by atoms with Crippen molar-refractivity contribution < 1.29 is 4.79 Å². The molecule has 2 atom stereocenters. The molecule has 4 rings (SSSR count). The molecule has 0 radical (unpaired) electrons. The second-order valence-electron chi connectivity index (χ2n) is 7.48. The SMILES string of the molecule is CC1(C)CC(=O)[C@@H]2C(=Nc3ccccc3S[C@@H]2c2ccccc2)C1. The molecule has 122 valence electrons. The molecular formula is C21H21NOS. The fraction of sp³-hybridized carbons (Fsp3) is 0.333. The Morgan fingerprint density at radius 2 is 1.71 bits per heavy atom. The number of fused-ring (bicyclic) bond motifs is 2. The maximum Gasteiger partial charge on any atom is 0.143 e. The van der Waals surface area contributed by atoms with Crippen LogP contribution < -0.4 is 0 Å². The van der Waals surface area contributed by atoms with Gasteiger partial charge in [-0.3, -0.25) is 9.79 Å². The Balaban J connectivity index is 1.87. The molecule has 0 N–H and O–H groups in total. The van der Waals surface area contributed by atoms with E-state index in [4.69, 9.17) is 4.99 Å². The lowest BCUT2D eigenvalue weighted by atomic mass is 9.69. The van der Waals surface area contributed by atoms with Crippen molar-refractivity contribution in [1.82, 2.24) is 0 Å². The van der Waals surface area contributed by atoms with Gasteiger partial charge in [0.1, 0.15) is 5.78 Å². The number of benzene rings is 2. The van der Waals surface area contributed by atoms with Crippen molar-refractivity contribution in [3.63, 3.8) is 0 Å². The van der Waals surface area contributed by atoms with Gasteiger partial charge in [-0.25, -0.2) is 0 Å². The zero-order chi connectivity index (χ0) is 16.7. The van der Waals surface area contributed by atoms with Gasteiger partial charge in [-0.15, -0.1) is 11.8 Å². The van der Waals surface area contributed by atoms with Crippen LogP contribution in [0.1, 0.15) is 37.5 Å². The minimum absolute atomic E-state index is 0.00238. The molecule has 0 aromatic heterocycles. The van der Waals surface area contributed by atoms with Crippen LogP contribution in [0.3, 0.4) is 0 Å². The van der Waals surface area contributed by atoms with E-state index < -0.39 is 0 Å². The van der Waals surface area contributed by atoms with Gasteiger partial charge < -0.3 is 0 Å². The van der Waals surface area contributed by atoms with Crippen LogP contribution in [0.2, 0.25) is 0 Å². The first kappa shape index (κ1) is 15.6. The lowest BCUT2D eigenvalue weighted by Gasteiger charge is -2.37. The number of hydrogen-bond acceptors (Lipinski definition) is 3. The van der Waals surface area contributed by atoms with E-state index in [1.54, 1.807) is 11.8 Å². The Bertz CT molecular complexity index is 810. The predicted molar refractivity (Wildman–Crippen MR) is 100 cm³/mol. The van der Waals surface area contributed by atoms with Crippen LogP contribution in [-0.2, 0) is 4.79 Å². The lowest BCUT2D eigenvalue weighted by molar-refractivity contribution is -0.123. The summed E-state index contributed by atoms with van der Waals surface area (Å²) < 4.78 is 0. The fourth-order valence-electron chi connectivity index (χ4n) is 3.79. The number of carbonyl (C=O) groups is 1. The van der Waals surface area contributed by atoms with Gasteiger partial charge in [-0.05, 0) is 29.5 Å². The maximum atomic E-state index is 13.0. The zero-order valence-electron chi connectivity index (χ0n) is 14.0.